The van der Waals surface area contributed by atoms with Crippen molar-refractivity contribution < 1.29 is 0 Å². The van der Waals surface area contributed by atoms with Gasteiger partial charge in [-0.05, 0) is 122 Å². The molecule has 90 heavy (non-hydrogen) atoms. The molecular formula is C87H89N3. The summed E-state index contributed by atoms with van der Waals surface area (Å²) in [4.78, 5) is 8.22. The molecule has 0 amide bonds. The average Bonchev–Trinajstić information content (AvgIpc) is 0.679. The van der Waals surface area contributed by atoms with E-state index in [4.69, 9.17) is 0 Å². The molecule has 9 aromatic rings. The zero-order valence-electron chi connectivity index (χ0n) is 57.6. The van der Waals surface area contributed by atoms with Crippen LogP contribution in [-0.2, 0) is 59.6 Å². The minimum atomic E-state index is -0.381. The quantitative estimate of drug-likeness (QED) is 0.174. The van der Waals surface area contributed by atoms with Crippen molar-refractivity contribution in [1.82, 2.24) is 0 Å². The lowest BCUT2D eigenvalue weighted by Crippen LogP contribution is -2.45. The van der Waals surface area contributed by atoms with Gasteiger partial charge in [-0.15, -0.1) is 0 Å². The highest BCUT2D eigenvalue weighted by Crippen LogP contribution is 2.71. The highest BCUT2D eigenvalue weighted by atomic mass is 15.2. The van der Waals surface area contributed by atoms with Crippen molar-refractivity contribution in [1.29, 1.82) is 0 Å². The SMILES string of the molecule is CC(C)(c1cc2c3c(c1)C(C)(C)c1cccc4c1N3c1c(cccc1C2(C)C)C4(C)C)c1cc2c3c(c1)C(C)(C)c1cc(C(C)(C)c4cc5c6c(c4)C(C)(C)c4cccc7c4N6c4c(cccc4C5(C)C)C7(C)C)cc4c1N3c1c(cccc1C4(C)C)C2(C)C. The van der Waals surface area contributed by atoms with Gasteiger partial charge in [0.05, 0.1) is 51.2 Å². The minimum Gasteiger partial charge on any atom is -0.309 e. The van der Waals surface area contributed by atoms with Gasteiger partial charge in [-0.3, -0.25) is 0 Å². The lowest BCUT2D eigenvalue weighted by atomic mass is 9.58. The van der Waals surface area contributed by atoms with Crippen molar-refractivity contribution in [2.24, 2.45) is 0 Å². The molecule has 3 nitrogen and oxygen atoms in total. The predicted molar refractivity (Wildman–Crippen MR) is 377 cm³/mol. The third-order valence-electron chi connectivity index (χ3n) is 26.6. The molecule has 0 saturated heterocycles. The molecule has 0 radical (unpaired) electrons. The van der Waals surface area contributed by atoms with Gasteiger partial charge >= 0.3 is 0 Å². The monoisotopic (exact) mass is 1180 g/mol. The highest BCUT2D eigenvalue weighted by Gasteiger charge is 2.57. The van der Waals surface area contributed by atoms with E-state index in [0.717, 1.165) is 0 Å². The van der Waals surface area contributed by atoms with E-state index in [1.54, 1.807) is 0 Å². The largest absolute Gasteiger partial charge is 0.309 e. The summed E-state index contributed by atoms with van der Waals surface area (Å²) in [6.07, 6.45) is 0. The first-order valence-electron chi connectivity index (χ1n) is 33.9. The Balaban J connectivity index is 0.844. The second kappa shape index (κ2) is 15.6. The standard InChI is InChI=1S/C87H89N3/c1-77(2,46-38-60-73-61(39-46)82(11,12)55-33-24-29-51-69(55)88(73)68-50(79(51,5)6)28-23-32-54(68)81(60,9)10)48-42-64-75-66(44-48)87(21,22)67-45-49(43-65-76(67)90(75)72-58(85(64,17)18)36-27-37-59(72)86(65,19)20)78(3,4)47-40-62-74-63(41-47)84(15,16)57-35-26-31-53-71(57)89(74)70-52(80(53,7)8)30-25-34-56(70)83(62,13)14/h23-45H,1-22H3. The predicted octanol–water partition coefficient (Wildman–Crippen LogP) is 22.5. The second-order valence-corrected chi connectivity index (χ2v) is 35.1. The zero-order chi connectivity index (χ0) is 63.4. The molecule has 18 rings (SSSR count). The Kier molecular flexibility index (Phi) is 9.60. The highest BCUT2D eigenvalue weighted by molar-refractivity contribution is 6.02. The smallest absolute Gasteiger partial charge is 0.0544 e. The summed E-state index contributed by atoms with van der Waals surface area (Å²) in [5.74, 6) is 0. The van der Waals surface area contributed by atoms with Crippen LogP contribution in [0, 0.1) is 0 Å². The number of anilines is 9. The molecule has 0 saturated carbocycles. The Morgan fingerprint density at radius 3 is 0.444 bits per heavy atom. The third-order valence-corrected chi connectivity index (χ3v) is 26.6. The van der Waals surface area contributed by atoms with Gasteiger partial charge in [0.15, 0.2) is 0 Å². The summed E-state index contributed by atoms with van der Waals surface area (Å²) in [5.41, 5.74) is 40.8. The molecule has 9 aliphatic rings. The first-order valence-corrected chi connectivity index (χ1v) is 33.9. The maximum atomic E-state index is 2.78. The van der Waals surface area contributed by atoms with Crippen LogP contribution in [0.15, 0.2) is 140 Å². The van der Waals surface area contributed by atoms with Crippen LogP contribution in [-0.4, -0.2) is 0 Å². The molecule has 0 aliphatic carbocycles. The van der Waals surface area contributed by atoms with Crippen LogP contribution in [0.2, 0.25) is 0 Å². The molecule has 0 unspecified atom stereocenters. The van der Waals surface area contributed by atoms with Crippen molar-refractivity contribution >= 4 is 51.2 Å². The number of rotatable bonds is 4. The van der Waals surface area contributed by atoms with Gasteiger partial charge in [-0.2, -0.15) is 0 Å². The lowest BCUT2D eigenvalue weighted by Gasteiger charge is -2.56. The number of para-hydroxylation sites is 5. The summed E-state index contributed by atoms with van der Waals surface area (Å²) in [6.45, 7) is 55.1. The van der Waals surface area contributed by atoms with E-state index in [0.29, 0.717) is 0 Å². The number of nitrogens with zero attached hydrogens (tertiary/aromatic N) is 3. The average molecular weight is 1180 g/mol. The van der Waals surface area contributed by atoms with E-state index < -0.39 is 0 Å². The zero-order valence-corrected chi connectivity index (χ0v) is 57.6. The molecule has 0 aromatic heterocycles. The minimum absolute atomic E-state index is 0.132. The van der Waals surface area contributed by atoms with Gasteiger partial charge in [0, 0.05) is 59.6 Å². The summed E-state index contributed by atoms with van der Waals surface area (Å²) in [7, 11) is 0. The first kappa shape index (κ1) is 55.2. The maximum Gasteiger partial charge on any atom is 0.0544 e. The summed E-state index contributed by atoms with van der Waals surface area (Å²) >= 11 is 0. The van der Waals surface area contributed by atoms with Gasteiger partial charge in [0.1, 0.15) is 0 Å². The molecule has 0 fully saturated rings. The fraction of sp³-hybridized carbons (Fsp3) is 0.379. The molecular weight excluding hydrogens is 1090 g/mol. The molecule has 452 valence electrons. The van der Waals surface area contributed by atoms with E-state index in [2.05, 4.69) is 307 Å². The molecule has 9 aliphatic heterocycles. The fourth-order valence-corrected chi connectivity index (χ4v) is 20.4. The molecule has 0 spiro atoms. The summed E-state index contributed by atoms with van der Waals surface area (Å²) < 4.78 is 0. The Labute approximate surface area is 536 Å². The Morgan fingerprint density at radius 2 is 0.300 bits per heavy atom. The third kappa shape index (κ3) is 5.84. The van der Waals surface area contributed by atoms with Crippen molar-refractivity contribution in [2.45, 2.75) is 212 Å². The van der Waals surface area contributed by atoms with Gasteiger partial charge in [-0.25, -0.2) is 0 Å². The topological polar surface area (TPSA) is 9.72 Å². The van der Waals surface area contributed by atoms with E-state index in [9.17, 15) is 0 Å². The molecule has 0 bridgehead atoms. The molecule has 0 N–H and O–H groups in total. The Morgan fingerprint density at radius 1 is 0.189 bits per heavy atom. The number of hydrogen-bond acceptors (Lipinski definition) is 3. The van der Waals surface area contributed by atoms with Crippen LogP contribution < -0.4 is 14.7 Å². The van der Waals surface area contributed by atoms with Crippen molar-refractivity contribution in [3.05, 3.63) is 262 Å². The van der Waals surface area contributed by atoms with E-state index in [-0.39, 0.29) is 59.6 Å². The summed E-state index contributed by atoms with van der Waals surface area (Å²) in [5, 5.41) is 0. The van der Waals surface area contributed by atoms with Gasteiger partial charge in [-0.1, -0.05) is 292 Å². The second-order valence-electron chi connectivity index (χ2n) is 35.1. The van der Waals surface area contributed by atoms with Crippen molar-refractivity contribution in [2.75, 3.05) is 14.7 Å². The first-order chi connectivity index (χ1) is 42.0. The van der Waals surface area contributed by atoms with E-state index in [1.165, 1.54) is 174 Å². The van der Waals surface area contributed by atoms with Crippen LogP contribution in [0.25, 0.3) is 0 Å². The van der Waals surface area contributed by atoms with Crippen LogP contribution >= 0.6 is 0 Å². The van der Waals surface area contributed by atoms with Crippen LogP contribution in [0.4, 0.5) is 51.2 Å². The van der Waals surface area contributed by atoms with Gasteiger partial charge in [0.25, 0.3) is 0 Å². The van der Waals surface area contributed by atoms with Gasteiger partial charge < -0.3 is 14.7 Å². The molecule has 9 heterocycles. The fourth-order valence-electron chi connectivity index (χ4n) is 20.4. The van der Waals surface area contributed by atoms with Gasteiger partial charge in [0.2, 0.25) is 0 Å². The number of hydrogen-bond donors (Lipinski definition) is 0. The van der Waals surface area contributed by atoms with Crippen LogP contribution in [0.1, 0.15) is 275 Å². The van der Waals surface area contributed by atoms with Crippen molar-refractivity contribution in [3.8, 4) is 0 Å². The van der Waals surface area contributed by atoms with E-state index >= 15 is 0 Å². The Hall–Kier alpha value is -7.62. The van der Waals surface area contributed by atoms with Crippen LogP contribution in [0.3, 0.4) is 0 Å². The Bertz CT molecular complexity index is 4450. The maximum absolute atomic E-state index is 2.78. The van der Waals surface area contributed by atoms with Crippen molar-refractivity contribution in [3.63, 3.8) is 0 Å². The molecule has 0 atom stereocenters. The molecule has 3 heteroatoms. The molecule has 9 aromatic carbocycles. The summed E-state index contributed by atoms with van der Waals surface area (Å²) in [6, 6.07) is 57.3. The normalized spacial score (nSPS) is 20.8. The number of benzene rings is 9. The van der Waals surface area contributed by atoms with E-state index in [1.807, 2.05) is 0 Å². The lowest BCUT2D eigenvalue weighted by molar-refractivity contribution is 0.547. The van der Waals surface area contributed by atoms with Crippen LogP contribution in [0.5, 0.6) is 0 Å².